The SMILES string of the molecule is CC1(C)OB(C2CC3(CCNCC3)C2)OC1(C)C. The van der Waals surface area contributed by atoms with Crippen LogP contribution in [0.2, 0.25) is 5.82 Å². The van der Waals surface area contributed by atoms with E-state index in [1.165, 1.54) is 38.8 Å². The van der Waals surface area contributed by atoms with Gasteiger partial charge in [0.1, 0.15) is 0 Å². The second-order valence-corrected chi connectivity index (χ2v) is 7.54. The zero-order chi connectivity index (χ0) is 13.0. The molecule has 0 aromatic rings. The molecule has 0 unspecified atom stereocenters. The van der Waals surface area contributed by atoms with Gasteiger partial charge in [-0.2, -0.15) is 0 Å². The number of hydrogen-bond donors (Lipinski definition) is 1. The minimum Gasteiger partial charge on any atom is -0.403 e. The lowest BCUT2D eigenvalue weighted by Crippen LogP contribution is -2.48. The fourth-order valence-corrected chi connectivity index (χ4v) is 3.69. The largest absolute Gasteiger partial charge is 0.461 e. The van der Waals surface area contributed by atoms with Crippen LogP contribution in [0.5, 0.6) is 0 Å². The highest BCUT2D eigenvalue weighted by Crippen LogP contribution is 2.58. The van der Waals surface area contributed by atoms with E-state index in [-0.39, 0.29) is 18.3 Å². The molecular formula is C14H26BNO2. The van der Waals surface area contributed by atoms with Gasteiger partial charge < -0.3 is 14.6 Å². The first-order valence-electron chi connectivity index (χ1n) is 7.40. The molecule has 1 aliphatic carbocycles. The van der Waals surface area contributed by atoms with Gasteiger partial charge in [0.25, 0.3) is 0 Å². The molecule has 4 heteroatoms. The monoisotopic (exact) mass is 251 g/mol. The highest BCUT2D eigenvalue weighted by molar-refractivity contribution is 6.47. The van der Waals surface area contributed by atoms with Crippen molar-refractivity contribution in [2.45, 2.75) is 70.4 Å². The Hall–Kier alpha value is -0.0551. The Balaban J connectivity index is 1.60. The summed E-state index contributed by atoms with van der Waals surface area (Å²) in [5, 5.41) is 3.46. The van der Waals surface area contributed by atoms with E-state index in [1.54, 1.807) is 0 Å². The Morgan fingerprint density at radius 1 is 0.944 bits per heavy atom. The quantitative estimate of drug-likeness (QED) is 0.727. The Kier molecular flexibility index (Phi) is 2.86. The van der Waals surface area contributed by atoms with Crippen LogP contribution in [-0.4, -0.2) is 31.4 Å². The predicted molar refractivity (Wildman–Crippen MR) is 73.6 cm³/mol. The lowest BCUT2D eigenvalue weighted by Gasteiger charge is -2.50. The number of piperidine rings is 1. The first kappa shape index (κ1) is 13.0. The number of rotatable bonds is 1. The summed E-state index contributed by atoms with van der Waals surface area (Å²) >= 11 is 0. The third-order valence-electron chi connectivity index (χ3n) is 5.71. The fourth-order valence-electron chi connectivity index (χ4n) is 3.69. The molecule has 0 aromatic carbocycles. The van der Waals surface area contributed by atoms with Crippen LogP contribution in [0.3, 0.4) is 0 Å². The normalized spacial score (nSPS) is 33.7. The van der Waals surface area contributed by atoms with Gasteiger partial charge in [-0.05, 0) is 77.7 Å². The summed E-state index contributed by atoms with van der Waals surface area (Å²) in [4.78, 5) is 0. The summed E-state index contributed by atoms with van der Waals surface area (Å²) in [6, 6.07) is 0. The molecule has 1 spiro atoms. The second-order valence-electron chi connectivity index (χ2n) is 7.54. The molecular weight excluding hydrogens is 225 g/mol. The van der Waals surface area contributed by atoms with E-state index in [9.17, 15) is 0 Å². The average Bonchev–Trinajstić information content (AvgIpc) is 2.45. The summed E-state index contributed by atoms with van der Waals surface area (Å²) in [6.45, 7) is 11.0. The molecule has 3 aliphatic rings. The van der Waals surface area contributed by atoms with Crippen molar-refractivity contribution in [3.05, 3.63) is 0 Å². The van der Waals surface area contributed by atoms with Gasteiger partial charge in [0.2, 0.25) is 0 Å². The molecule has 3 rings (SSSR count). The maximum absolute atomic E-state index is 6.16. The minimum absolute atomic E-state index is 0.0236. The first-order valence-corrected chi connectivity index (χ1v) is 7.40. The highest BCUT2D eigenvalue weighted by Gasteiger charge is 2.58. The molecule has 0 bridgehead atoms. The van der Waals surface area contributed by atoms with Crippen LogP contribution in [0, 0.1) is 5.41 Å². The van der Waals surface area contributed by atoms with Crippen molar-refractivity contribution in [2.75, 3.05) is 13.1 Å². The van der Waals surface area contributed by atoms with Gasteiger partial charge in [0, 0.05) is 0 Å². The molecule has 1 N–H and O–H groups in total. The van der Waals surface area contributed by atoms with E-state index in [2.05, 4.69) is 33.0 Å². The van der Waals surface area contributed by atoms with E-state index in [4.69, 9.17) is 9.31 Å². The van der Waals surface area contributed by atoms with Gasteiger partial charge in [-0.3, -0.25) is 0 Å². The topological polar surface area (TPSA) is 30.5 Å². The zero-order valence-electron chi connectivity index (χ0n) is 12.2. The second kappa shape index (κ2) is 3.97. The van der Waals surface area contributed by atoms with E-state index in [0.717, 1.165) is 0 Å². The molecule has 2 aliphatic heterocycles. The van der Waals surface area contributed by atoms with Crippen molar-refractivity contribution in [3.8, 4) is 0 Å². The number of nitrogens with one attached hydrogen (secondary N) is 1. The van der Waals surface area contributed by atoms with E-state index in [0.29, 0.717) is 11.2 Å². The molecule has 2 saturated heterocycles. The molecule has 0 radical (unpaired) electrons. The maximum Gasteiger partial charge on any atom is 0.461 e. The fraction of sp³-hybridized carbons (Fsp3) is 1.00. The lowest BCUT2D eigenvalue weighted by molar-refractivity contribution is 0.00578. The molecule has 0 atom stereocenters. The summed E-state index contributed by atoms with van der Waals surface area (Å²) < 4.78 is 12.3. The van der Waals surface area contributed by atoms with Crippen molar-refractivity contribution in [3.63, 3.8) is 0 Å². The molecule has 18 heavy (non-hydrogen) atoms. The molecule has 0 amide bonds. The Bertz CT molecular complexity index is 313. The first-order chi connectivity index (χ1) is 8.34. The van der Waals surface area contributed by atoms with Crippen LogP contribution in [0.1, 0.15) is 53.4 Å². The molecule has 1 saturated carbocycles. The Morgan fingerprint density at radius 2 is 1.44 bits per heavy atom. The van der Waals surface area contributed by atoms with Crippen LogP contribution in [-0.2, 0) is 9.31 Å². The summed E-state index contributed by atoms with van der Waals surface area (Å²) in [5.74, 6) is 0.615. The molecule has 3 nitrogen and oxygen atoms in total. The van der Waals surface area contributed by atoms with Crippen LogP contribution in [0.4, 0.5) is 0 Å². The van der Waals surface area contributed by atoms with E-state index >= 15 is 0 Å². The average molecular weight is 251 g/mol. The minimum atomic E-state index is -0.172. The molecule has 102 valence electrons. The Labute approximate surface area is 111 Å². The third-order valence-corrected chi connectivity index (χ3v) is 5.71. The summed E-state index contributed by atoms with van der Waals surface area (Å²) in [5.41, 5.74) is 0.266. The maximum atomic E-state index is 6.16. The van der Waals surface area contributed by atoms with Gasteiger partial charge >= 0.3 is 7.12 Å². The smallest absolute Gasteiger partial charge is 0.403 e. The van der Waals surface area contributed by atoms with Crippen molar-refractivity contribution in [1.82, 2.24) is 5.32 Å². The van der Waals surface area contributed by atoms with Gasteiger partial charge in [0.05, 0.1) is 11.2 Å². The van der Waals surface area contributed by atoms with Gasteiger partial charge in [-0.25, -0.2) is 0 Å². The van der Waals surface area contributed by atoms with Crippen LogP contribution >= 0.6 is 0 Å². The summed E-state index contributed by atoms with van der Waals surface area (Å²) in [6.07, 6.45) is 5.27. The Morgan fingerprint density at radius 3 is 1.94 bits per heavy atom. The molecule has 0 aromatic heterocycles. The van der Waals surface area contributed by atoms with E-state index in [1.807, 2.05) is 0 Å². The molecule has 2 heterocycles. The third kappa shape index (κ3) is 1.93. The number of hydrogen-bond acceptors (Lipinski definition) is 3. The van der Waals surface area contributed by atoms with Crippen LogP contribution < -0.4 is 5.32 Å². The van der Waals surface area contributed by atoms with Gasteiger partial charge in [0.15, 0.2) is 0 Å². The van der Waals surface area contributed by atoms with E-state index < -0.39 is 0 Å². The van der Waals surface area contributed by atoms with Gasteiger partial charge in [-0.1, -0.05) is 0 Å². The van der Waals surface area contributed by atoms with Crippen LogP contribution in [0.25, 0.3) is 0 Å². The predicted octanol–water partition coefficient (Wildman–Crippen LogP) is 2.61. The lowest BCUT2D eigenvalue weighted by atomic mass is 9.47. The highest BCUT2D eigenvalue weighted by atomic mass is 16.7. The summed E-state index contributed by atoms with van der Waals surface area (Å²) in [7, 11) is 0.0236. The van der Waals surface area contributed by atoms with Crippen molar-refractivity contribution < 1.29 is 9.31 Å². The standard InChI is InChI=1S/C14H26BNO2/c1-12(2)13(3,4)18-15(17-12)11-9-14(10-11)5-7-16-8-6-14/h11,16H,5-10H2,1-4H3. The molecule has 3 fully saturated rings. The van der Waals surface area contributed by atoms with Gasteiger partial charge in [-0.15, -0.1) is 0 Å². The van der Waals surface area contributed by atoms with Crippen molar-refractivity contribution >= 4 is 7.12 Å². The van der Waals surface area contributed by atoms with Crippen molar-refractivity contribution in [2.24, 2.45) is 5.41 Å². The zero-order valence-corrected chi connectivity index (χ0v) is 12.2. The van der Waals surface area contributed by atoms with Crippen molar-refractivity contribution in [1.29, 1.82) is 0 Å². The van der Waals surface area contributed by atoms with Crippen LogP contribution in [0.15, 0.2) is 0 Å².